The van der Waals surface area contributed by atoms with Gasteiger partial charge in [0.05, 0.1) is 11.6 Å². The lowest BCUT2D eigenvalue weighted by Gasteiger charge is -2.12. The second kappa shape index (κ2) is 4.33. The Bertz CT molecular complexity index is 536. The number of hydrogen-bond donors (Lipinski definition) is 2. The number of alkyl halides is 3. The van der Waals surface area contributed by atoms with Gasteiger partial charge in [0.15, 0.2) is 5.82 Å². The van der Waals surface area contributed by atoms with Crippen LogP contribution in [0.25, 0.3) is 0 Å². The number of nitrogens with one attached hydrogen (secondary N) is 1. The maximum absolute atomic E-state index is 13.1. The second-order valence-corrected chi connectivity index (χ2v) is 3.48. The number of rotatable bonds is 2. The van der Waals surface area contributed by atoms with Gasteiger partial charge in [-0.15, -0.1) is 10.2 Å². The summed E-state index contributed by atoms with van der Waals surface area (Å²) >= 11 is 0. The molecule has 2 rings (SSSR count). The Morgan fingerprint density at radius 1 is 1.28 bits per heavy atom. The van der Waals surface area contributed by atoms with Crippen LogP contribution in [0.1, 0.15) is 23.0 Å². The molecular weight excluding hydrogens is 254 g/mol. The molecular formula is C9H7F4N5. The highest BCUT2D eigenvalue weighted by molar-refractivity contribution is 5.31. The fourth-order valence-corrected chi connectivity index (χ4v) is 1.40. The van der Waals surface area contributed by atoms with E-state index in [4.69, 9.17) is 5.73 Å². The standard InChI is InChI=1S/C9H7F4N5/c10-6-2-1-4(3-5(6)9(11,12)13)7(14)8-15-17-18-16-8/h1-3,7H,14H2,(H,15,16,17,18). The van der Waals surface area contributed by atoms with Gasteiger partial charge < -0.3 is 5.73 Å². The molecule has 9 heteroatoms. The molecule has 0 radical (unpaired) electrons. The maximum atomic E-state index is 13.1. The van der Waals surface area contributed by atoms with E-state index >= 15 is 0 Å². The fourth-order valence-electron chi connectivity index (χ4n) is 1.40. The van der Waals surface area contributed by atoms with Gasteiger partial charge in [0, 0.05) is 0 Å². The number of benzene rings is 1. The van der Waals surface area contributed by atoms with E-state index in [0.29, 0.717) is 12.1 Å². The average Bonchev–Trinajstić information content (AvgIpc) is 2.80. The zero-order valence-corrected chi connectivity index (χ0v) is 8.74. The van der Waals surface area contributed by atoms with Crippen LogP contribution in [0.5, 0.6) is 0 Å². The average molecular weight is 261 g/mol. The quantitative estimate of drug-likeness (QED) is 0.801. The molecule has 0 aliphatic carbocycles. The van der Waals surface area contributed by atoms with E-state index in [1.165, 1.54) is 0 Å². The molecule has 1 heterocycles. The van der Waals surface area contributed by atoms with Crippen molar-refractivity contribution in [2.45, 2.75) is 12.2 Å². The third-order valence-electron chi connectivity index (χ3n) is 2.29. The molecule has 1 aromatic carbocycles. The Morgan fingerprint density at radius 3 is 2.56 bits per heavy atom. The summed E-state index contributed by atoms with van der Waals surface area (Å²) in [6.45, 7) is 0. The number of tetrazole rings is 1. The molecule has 0 saturated carbocycles. The molecule has 0 aliphatic rings. The molecule has 3 N–H and O–H groups in total. The lowest BCUT2D eigenvalue weighted by Crippen LogP contribution is -2.16. The van der Waals surface area contributed by atoms with Gasteiger partial charge in [0.1, 0.15) is 5.82 Å². The highest BCUT2D eigenvalue weighted by Gasteiger charge is 2.34. The van der Waals surface area contributed by atoms with Gasteiger partial charge >= 0.3 is 6.18 Å². The molecule has 18 heavy (non-hydrogen) atoms. The van der Waals surface area contributed by atoms with Crippen molar-refractivity contribution in [3.05, 3.63) is 41.0 Å². The largest absolute Gasteiger partial charge is 0.419 e. The number of H-pyrrole nitrogens is 1. The molecule has 96 valence electrons. The first-order chi connectivity index (χ1) is 8.39. The van der Waals surface area contributed by atoms with Gasteiger partial charge in [-0.3, -0.25) is 0 Å². The Balaban J connectivity index is 2.42. The molecule has 0 saturated heterocycles. The van der Waals surface area contributed by atoms with E-state index in [1.54, 1.807) is 0 Å². The van der Waals surface area contributed by atoms with Crippen LogP contribution in [-0.4, -0.2) is 20.6 Å². The smallest absolute Gasteiger partial charge is 0.318 e. The third kappa shape index (κ3) is 2.30. The van der Waals surface area contributed by atoms with Crippen LogP contribution in [0.3, 0.4) is 0 Å². The monoisotopic (exact) mass is 261 g/mol. The summed E-state index contributed by atoms with van der Waals surface area (Å²) in [5.41, 5.74) is 4.32. The molecule has 0 aliphatic heterocycles. The van der Waals surface area contributed by atoms with Crippen molar-refractivity contribution in [2.24, 2.45) is 5.73 Å². The molecule has 1 atom stereocenters. The summed E-state index contributed by atoms with van der Waals surface area (Å²) < 4.78 is 50.6. The number of aromatic amines is 1. The van der Waals surface area contributed by atoms with Crippen molar-refractivity contribution >= 4 is 0 Å². The predicted molar refractivity (Wildman–Crippen MR) is 51.6 cm³/mol. The van der Waals surface area contributed by atoms with Crippen LogP contribution in [0.15, 0.2) is 18.2 Å². The zero-order chi connectivity index (χ0) is 13.3. The van der Waals surface area contributed by atoms with E-state index in [0.717, 1.165) is 6.07 Å². The number of halogens is 4. The molecule has 0 fully saturated rings. The number of hydrogen-bond acceptors (Lipinski definition) is 4. The summed E-state index contributed by atoms with van der Waals surface area (Å²) in [6, 6.07) is 1.48. The normalized spacial score (nSPS) is 13.6. The lowest BCUT2D eigenvalue weighted by molar-refractivity contribution is -0.140. The van der Waals surface area contributed by atoms with Gasteiger partial charge in [-0.25, -0.2) is 4.39 Å². The summed E-state index contributed by atoms with van der Waals surface area (Å²) in [5.74, 6) is -1.33. The van der Waals surface area contributed by atoms with Crippen molar-refractivity contribution in [1.29, 1.82) is 0 Å². The predicted octanol–water partition coefficient (Wildman–Crippen LogP) is 1.41. The SMILES string of the molecule is NC(c1ccc(F)c(C(F)(F)F)c1)c1nn[nH]n1. The molecule has 0 bridgehead atoms. The molecule has 0 amide bonds. The van der Waals surface area contributed by atoms with Crippen molar-refractivity contribution in [3.8, 4) is 0 Å². The second-order valence-electron chi connectivity index (χ2n) is 3.48. The highest BCUT2D eigenvalue weighted by Crippen LogP contribution is 2.33. The third-order valence-corrected chi connectivity index (χ3v) is 2.29. The van der Waals surface area contributed by atoms with Crippen LogP contribution >= 0.6 is 0 Å². The first-order valence-corrected chi connectivity index (χ1v) is 4.75. The maximum Gasteiger partial charge on any atom is 0.419 e. The van der Waals surface area contributed by atoms with Crippen molar-refractivity contribution in [2.75, 3.05) is 0 Å². The first kappa shape index (κ1) is 12.4. The Kier molecular flexibility index (Phi) is 2.99. The van der Waals surface area contributed by atoms with Gasteiger partial charge in [0.2, 0.25) is 0 Å². The summed E-state index contributed by atoms with van der Waals surface area (Å²) in [5, 5.41) is 12.5. The van der Waals surface area contributed by atoms with Crippen LogP contribution in [0.2, 0.25) is 0 Å². The van der Waals surface area contributed by atoms with Gasteiger partial charge in [-0.2, -0.15) is 18.4 Å². The van der Waals surface area contributed by atoms with Crippen LogP contribution in [-0.2, 0) is 6.18 Å². The van der Waals surface area contributed by atoms with Gasteiger partial charge in [-0.1, -0.05) is 11.3 Å². The summed E-state index contributed by atoms with van der Waals surface area (Å²) in [7, 11) is 0. The van der Waals surface area contributed by atoms with Crippen LogP contribution in [0, 0.1) is 5.82 Å². The Hall–Kier alpha value is -2.03. The molecule has 5 nitrogen and oxygen atoms in total. The number of nitrogens with zero attached hydrogens (tertiary/aromatic N) is 3. The number of aromatic nitrogens is 4. The van der Waals surface area contributed by atoms with Crippen LogP contribution < -0.4 is 5.73 Å². The van der Waals surface area contributed by atoms with E-state index in [-0.39, 0.29) is 11.4 Å². The van der Waals surface area contributed by atoms with Crippen molar-refractivity contribution < 1.29 is 17.6 Å². The highest BCUT2D eigenvalue weighted by atomic mass is 19.4. The van der Waals surface area contributed by atoms with Crippen molar-refractivity contribution in [3.63, 3.8) is 0 Å². The summed E-state index contributed by atoms with van der Waals surface area (Å²) in [6.07, 6.45) is -4.78. The molecule has 1 unspecified atom stereocenters. The van der Waals surface area contributed by atoms with E-state index in [9.17, 15) is 17.6 Å². The Morgan fingerprint density at radius 2 is 2.00 bits per heavy atom. The topological polar surface area (TPSA) is 80.5 Å². The zero-order valence-electron chi connectivity index (χ0n) is 8.74. The summed E-state index contributed by atoms with van der Waals surface area (Å²) in [4.78, 5) is 0. The Labute approximate surface area is 98.0 Å². The van der Waals surface area contributed by atoms with E-state index in [1.807, 2.05) is 0 Å². The fraction of sp³-hybridized carbons (Fsp3) is 0.222. The van der Waals surface area contributed by atoms with E-state index in [2.05, 4.69) is 20.6 Å². The van der Waals surface area contributed by atoms with Gasteiger partial charge in [0.25, 0.3) is 0 Å². The minimum absolute atomic E-state index is 0.0229. The molecule has 1 aromatic heterocycles. The molecule has 2 aromatic rings. The van der Waals surface area contributed by atoms with Crippen molar-refractivity contribution in [1.82, 2.24) is 20.6 Å². The number of nitrogens with two attached hydrogens (primary N) is 1. The van der Waals surface area contributed by atoms with E-state index < -0.39 is 23.6 Å². The lowest BCUT2D eigenvalue weighted by atomic mass is 10.0. The first-order valence-electron chi connectivity index (χ1n) is 4.75. The molecule has 0 spiro atoms. The van der Waals surface area contributed by atoms with Gasteiger partial charge in [-0.05, 0) is 17.7 Å². The minimum atomic E-state index is -4.78. The van der Waals surface area contributed by atoms with Crippen LogP contribution in [0.4, 0.5) is 17.6 Å². The minimum Gasteiger partial charge on any atom is -0.318 e.